The Morgan fingerprint density at radius 1 is 1.15 bits per heavy atom. The molecule has 8 heteroatoms. The van der Waals surface area contributed by atoms with Crippen LogP contribution in [0, 0.1) is 0 Å². The summed E-state index contributed by atoms with van der Waals surface area (Å²) in [7, 11) is 1.64. The average Bonchev–Trinajstić information content (AvgIpc) is 3.08. The lowest BCUT2D eigenvalue weighted by atomic mass is 9.97. The predicted octanol–water partition coefficient (Wildman–Crippen LogP) is 3.43. The van der Waals surface area contributed by atoms with E-state index >= 15 is 0 Å². The molecule has 0 saturated carbocycles. The van der Waals surface area contributed by atoms with Crippen molar-refractivity contribution < 1.29 is 14.3 Å². The first-order chi connectivity index (χ1) is 16.0. The van der Waals surface area contributed by atoms with Crippen LogP contribution in [-0.4, -0.2) is 53.5 Å². The van der Waals surface area contributed by atoms with Crippen molar-refractivity contribution in [2.24, 2.45) is 0 Å². The number of amides is 2. The second kappa shape index (κ2) is 11.1. The SMILES string of the molecule is COCC(Br)CC(=O)N[C@H]1C[C@H]2CC[C@@H](C1)N2c1ccc(C(=O)NCc2ccccc2)cn1. The van der Waals surface area contributed by atoms with Gasteiger partial charge in [0.2, 0.25) is 5.91 Å². The zero-order valence-electron chi connectivity index (χ0n) is 18.9. The van der Waals surface area contributed by atoms with E-state index in [1.807, 2.05) is 42.5 Å². The van der Waals surface area contributed by atoms with E-state index in [-0.39, 0.29) is 22.7 Å². The van der Waals surface area contributed by atoms with E-state index in [1.54, 1.807) is 13.3 Å². The van der Waals surface area contributed by atoms with Gasteiger partial charge >= 0.3 is 0 Å². The van der Waals surface area contributed by atoms with Gasteiger partial charge < -0.3 is 20.3 Å². The number of aromatic nitrogens is 1. The molecule has 2 aliphatic rings. The highest BCUT2D eigenvalue weighted by atomic mass is 79.9. The second-order valence-corrected chi connectivity index (χ2v) is 10.2. The van der Waals surface area contributed by atoms with Crippen molar-refractivity contribution in [3.8, 4) is 0 Å². The van der Waals surface area contributed by atoms with E-state index in [2.05, 4.69) is 36.4 Å². The number of nitrogens with one attached hydrogen (secondary N) is 2. The molecule has 1 aromatic carbocycles. The van der Waals surface area contributed by atoms with E-state index in [0.29, 0.717) is 37.2 Å². The predicted molar refractivity (Wildman–Crippen MR) is 132 cm³/mol. The van der Waals surface area contributed by atoms with Crippen LogP contribution in [0.3, 0.4) is 0 Å². The van der Waals surface area contributed by atoms with Gasteiger partial charge in [0.25, 0.3) is 5.91 Å². The third-order valence-electron chi connectivity index (χ3n) is 6.42. The summed E-state index contributed by atoms with van der Waals surface area (Å²) >= 11 is 3.49. The number of nitrogens with zero attached hydrogens (tertiary/aromatic N) is 2. The van der Waals surface area contributed by atoms with E-state index < -0.39 is 0 Å². The molecule has 4 rings (SSSR count). The van der Waals surface area contributed by atoms with E-state index in [9.17, 15) is 9.59 Å². The molecule has 2 N–H and O–H groups in total. The van der Waals surface area contributed by atoms with Crippen molar-refractivity contribution in [2.75, 3.05) is 18.6 Å². The molecule has 0 radical (unpaired) electrons. The van der Waals surface area contributed by atoms with Gasteiger partial charge in [-0.2, -0.15) is 0 Å². The van der Waals surface area contributed by atoms with Gasteiger partial charge in [-0.1, -0.05) is 46.3 Å². The van der Waals surface area contributed by atoms with Gasteiger partial charge in [-0.3, -0.25) is 9.59 Å². The summed E-state index contributed by atoms with van der Waals surface area (Å²) < 4.78 is 5.09. The molecular formula is C25H31BrN4O3. The molecule has 2 fully saturated rings. The number of piperidine rings is 1. The highest BCUT2D eigenvalue weighted by Crippen LogP contribution is 2.38. The summed E-state index contributed by atoms with van der Waals surface area (Å²) in [6.45, 7) is 1.01. The lowest BCUT2D eigenvalue weighted by Gasteiger charge is -2.40. The normalized spacial score (nSPS) is 22.6. The Morgan fingerprint density at radius 3 is 2.52 bits per heavy atom. The number of benzene rings is 1. The minimum Gasteiger partial charge on any atom is -0.384 e. The number of hydrogen-bond donors (Lipinski definition) is 2. The lowest BCUT2D eigenvalue weighted by molar-refractivity contribution is -0.122. The van der Waals surface area contributed by atoms with Crippen LogP contribution >= 0.6 is 15.9 Å². The minimum atomic E-state index is -0.124. The van der Waals surface area contributed by atoms with Crippen molar-refractivity contribution in [1.82, 2.24) is 15.6 Å². The first-order valence-corrected chi connectivity index (χ1v) is 12.4. The molecule has 2 bridgehead atoms. The van der Waals surface area contributed by atoms with Crippen LogP contribution in [0.15, 0.2) is 48.7 Å². The van der Waals surface area contributed by atoms with Crippen molar-refractivity contribution in [1.29, 1.82) is 0 Å². The largest absolute Gasteiger partial charge is 0.384 e. The number of ether oxygens (including phenoxy) is 1. The van der Waals surface area contributed by atoms with Crippen LogP contribution in [-0.2, 0) is 16.1 Å². The van der Waals surface area contributed by atoms with Gasteiger partial charge in [0.15, 0.2) is 0 Å². The number of pyridine rings is 1. The maximum atomic E-state index is 12.5. The Kier molecular flexibility index (Phi) is 7.98. The molecule has 2 aliphatic heterocycles. The van der Waals surface area contributed by atoms with Crippen LogP contribution in [0.5, 0.6) is 0 Å². The van der Waals surface area contributed by atoms with E-state index in [1.165, 1.54) is 0 Å². The molecule has 33 heavy (non-hydrogen) atoms. The average molecular weight is 515 g/mol. The monoisotopic (exact) mass is 514 g/mol. The third-order valence-corrected chi connectivity index (χ3v) is 7.01. The van der Waals surface area contributed by atoms with Crippen LogP contribution in [0.1, 0.15) is 48.0 Å². The zero-order chi connectivity index (χ0) is 23.2. The lowest BCUT2D eigenvalue weighted by Crippen LogP contribution is -2.51. The summed E-state index contributed by atoms with van der Waals surface area (Å²) in [5.74, 6) is 0.851. The topological polar surface area (TPSA) is 83.6 Å². The molecule has 7 nitrogen and oxygen atoms in total. The third kappa shape index (κ3) is 6.12. The first kappa shape index (κ1) is 23.7. The Hall–Kier alpha value is -2.45. The maximum absolute atomic E-state index is 12.5. The standard InChI is InChI=1S/C25H31BrN4O3/c1-33-16-19(26)11-24(31)29-20-12-21-8-9-22(13-20)30(21)23-10-7-18(15-27-23)25(32)28-14-17-5-3-2-4-6-17/h2-7,10,15,19-22H,8-9,11-14,16H2,1H3,(H,28,32)(H,29,31)/t19?,20-,21+,22-. The number of halogens is 1. The molecule has 2 saturated heterocycles. The number of fused-ring (bicyclic) bond motifs is 2. The highest BCUT2D eigenvalue weighted by molar-refractivity contribution is 9.09. The maximum Gasteiger partial charge on any atom is 0.253 e. The second-order valence-electron chi connectivity index (χ2n) is 8.86. The number of carbonyl (C=O) groups excluding carboxylic acids is 2. The molecule has 4 atom stereocenters. The first-order valence-electron chi connectivity index (χ1n) is 11.5. The summed E-state index contributed by atoms with van der Waals surface area (Å²) in [6, 6.07) is 14.6. The zero-order valence-corrected chi connectivity index (χ0v) is 20.5. The molecule has 176 valence electrons. The number of carbonyl (C=O) groups is 2. The fourth-order valence-electron chi connectivity index (χ4n) is 4.95. The molecule has 0 spiro atoms. The van der Waals surface area contributed by atoms with Gasteiger partial charge in [0, 0.05) is 49.2 Å². The molecule has 2 amide bonds. The summed E-state index contributed by atoms with van der Waals surface area (Å²) in [6.07, 6.45) is 6.11. The smallest absolute Gasteiger partial charge is 0.253 e. The summed E-state index contributed by atoms with van der Waals surface area (Å²) in [5.41, 5.74) is 1.62. The molecule has 1 aromatic heterocycles. The number of anilines is 1. The number of rotatable bonds is 9. The van der Waals surface area contributed by atoms with E-state index in [0.717, 1.165) is 37.1 Å². The Balaban J connectivity index is 1.31. The van der Waals surface area contributed by atoms with Gasteiger partial charge in [0.1, 0.15) is 5.82 Å². The molecule has 1 unspecified atom stereocenters. The van der Waals surface area contributed by atoms with Gasteiger partial charge in [0.05, 0.1) is 12.2 Å². The van der Waals surface area contributed by atoms with Crippen LogP contribution in [0.25, 0.3) is 0 Å². The minimum absolute atomic E-state index is 0.0342. The Labute approximate surface area is 203 Å². The van der Waals surface area contributed by atoms with Crippen LogP contribution in [0.4, 0.5) is 5.82 Å². The molecule has 0 aliphatic carbocycles. The van der Waals surface area contributed by atoms with Gasteiger partial charge in [-0.25, -0.2) is 4.98 Å². The Morgan fingerprint density at radius 2 is 1.88 bits per heavy atom. The van der Waals surface area contributed by atoms with Crippen molar-refractivity contribution in [3.05, 3.63) is 59.8 Å². The summed E-state index contributed by atoms with van der Waals surface area (Å²) in [4.78, 5) is 31.9. The quantitative estimate of drug-likeness (QED) is 0.501. The van der Waals surface area contributed by atoms with Crippen molar-refractivity contribution in [3.63, 3.8) is 0 Å². The number of methoxy groups -OCH3 is 1. The van der Waals surface area contributed by atoms with Crippen molar-refractivity contribution in [2.45, 2.75) is 61.6 Å². The molecule has 3 heterocycles. The molecular weight excluding hydrogens is 484 g/mol. The van der Waals surface area contributed by atoms with Crippen LogP contribution in [0.2, 0.25) is 0 Å². The van der Waals surface area contributed by atoms with Crippen LogP contribution < -0.4 is 15.5 Å². The highest BCUT2D eigenvalue weighted by Gasteiger charge is 2.41. The Bertz CT molecular complexity index is 926. The van der Waals surface area contributed by atoms with E-state index in [4.69, 9.17) is 4.74 Å². The fraction of sp³-hybridized carbons (Fsp3) is 0.480. The number of hydrogen-bond acceptors (Lipinski definition) is 5. The van der Waals surface area contributed by atoms with Crippen molar-refractivity contribution >= 4 is 33.6 Å². The number of alkyl halides is 1. The van der Waals surface area contributed by atoms with Gasteiger partial charge in [-0.15, -0.1) is 0 Å². The summed E-state index contributed by atoms with van der Waals surface area (Å²) in [5, 5.41) is 6.15. The fourth-order valence-corrected chi connectivity index (χ4v) is 5.51. The molecule has 2 aromatic rings. The van der Waals surface area contributed by atoms with Gasteiger partial charge in [-0.05, 0) is 43.4 Å².